The van der Waals surface area contributed by atoms with Crippen molar-refractivity contribution >= 4 is 68.4 Å². The van der Waals surface area contributed by atoms with E-state index in [9.17, 15) is 0 Å². The molecule has 1 aromatic heterocycles. The number of rotatable bonds is 3. The fourth-order valence-electron chi connectivity index (χ4n) is 13.3. The van der Waals surface area contributed by atoms with Crippen LogP contribution in [0.15, 0.2) is 95.4 Å². The van der Waals surface area contributed by atoms with Gasteiger partial charge in [0, 0.05) is 33.8 Å². The molecule has 0 amide bonds. The molecule has 0 N–H and O–H groups in total. The van der Waals surface area contributed by atoms with Gasteiger partial charge in [0.05, 0.1) is 11.3 Å². The molecule has 0 fully saturated rings. The SMILES string of the molecule is Cc1cc(C)c(-c2ccc3c(c2)N(c2cc(C(C)(C)C)cc(C(C)(C)C)c2)c2cc(C)cc4c2B3c2oc3cc5c(cc3c2N4c2ccc3c(c2)C(C)(C)CCC3(C)C)C(C)(C)CCC5(C)C)c(C)c1. The van der Waals surface area contributed by atoms with Crippen molar-refractivity contribution in [3.63, 3.8) is 0 Å². The summed E-state index contributed by atoms with van der Waals surface area (Å²) in [6.45, 7) is 42.7. The molecule has 11 rings (SSSR count). The van der Waals surface area contributed by atoms with Crippen molar-refractivity contribution in [1.29, 1.82) is 0 Å². The van der Waals surface area contributed by atoms with Crippen LogP contribution >= 0.6 is 0 Å². The van der Waals surface area contributed by atoms with E-state index in [1.54, 1.807) is 0 Å². The molecule has 0 radical (unpaired) electrons. The summed E-state index contributed by atoms with van der Waals surface area (Å²) in [6, 6.07) is 36.9. The second-order valence-electron chi connectivity index (χ2n) is 27.1. The number of hydrogen-bond donors (Lipinski definition) is 0. The van der Waals surface area contributed by atoms with Crippen LogP contribution in [0.25, 0.3) is 22.1 Å². The summed E-state index contributed by atoms with van der Waals surface area (Å²) in [5, 5.41) is 1.21. The van der Waals surface area contributed by atoms with Crippen LogP contribution in [0, 0.1) is 27.7 Å². The Morgan fingerprint density at radius 2 is 1.00 bits per heavy atom. The Labute approximate surface area is 421 Å². The highest BCUT2D eigenvalue weighted by Crippen LogP contribution is 2.54. The number of furan rings is 1. The number of nitrogens with zero attached hydrogens (tertiary/aromatic N) is 2. The molecule has 0 atom stereocenters. The highest BCUT2D eigenvalue weighted by molar-refractivity contribution is 7.00. The van der Waals surface area contributed by atoms with Crippen LogP contribution in [0.2, 0.25) is 0 Å². The van der Waals surface area contributed by atoms with Crippen LogP contribution in [0.5, 0.6) is 0 Å². The van der Waals surface area contributed by atoms with Gasteiger partial charge in [-0.2, -0.15) is 0 Å². The highest BCUT2D eigenvalue weighted by atomic mass is 16.3. The van der Waals surface area contributed by atoms with Crippen molar-refractivity contribution in [2.24, 2.45) is 0 Å². The molecule has 4 heteroatoms. The van der Waals surface area contributed by atoms with Gasteiger partial charge < -0.3 is 14.2 Å². The van der Waals surface area contributed by atoms with E-state index in [1.165, 1.54) is 124 Å². The topological polar surface area (TPSA) is 19.6 Å². The van der Waals surface area contributed by atoms with Crippen LogP contribution in [-0.4, -0.2) is 6.71 Å². The van der Waals surface area contributed by atoms with Crippen molar-refractivity contribution in [3.05, 3.63) is 147 Å². The van der Waals surface area contributed by atoms with Crippen LogP contribution < -0.4 is 26.4 Å². The molecule has 0 spiro atoms. The lowest BCUT2D eigenvalue weighted by Crippen LogP contribution is -2.61. The summed E-state index contributed by atoms with van der Waals surface area (Å²) in [5.41, 5.74) is 28.3. The van der Waals surface area contributed by atoms with Gasteiger partial charge in [0.25, 0.3) is 6.71 Å². The molecular weight excluding hydrogens is 848 g/mol. The van der Waals surface area contributed by atoms with Gasteiger partial charge >= 0.3 is 0 Å². The van der Waals surface area contributed by atoms with Crippen molar-refractivity contribution in [1.82, 2.24) is 0 Å². The lowest BCUT2D eigenvalue weighted by atomic mass is 9.35. The molecule has 360 valence electrons. The minimum atomic E-state index is -0.135. The summed E-state index contributed by atoms with van der Waals surface area (Å²) >= 11 is 0. The first-order chi connectivity index (χ1) is 32.6. The van der Waals surface area contributed by atoms with E-state index in [0.29, 0.717) is 0 Å². The zero-order chi connectivity index (χ0) is 50.2. The minimum absolute atomic E-state index is 0.0415. The van der Waals surface area contributed by atoms with E-state index in [0.717, 1.165) is 30.5 Å². The summed E-state index contributed by atoms with van der Waals surface area (Å²) in [4.78, 5) is 5.27. The number of benzene rings is 6. The summed E-state index contributed by atoms with van der Waals surface area (Å²) in [7, 11) is 0. The predicted molar refractivity (Wildman–Crippen MR) is 303 cm³/mol. The van der Waals surface area contributed by atoms with Crippen LogP contribution in [0.3, 0.4) is 0 Å². The van der Waals surface area contributed by atoms with Gasteiger partial charge in [-0.3, -0.25) is 0 Å². The fourth-order valence-corrected chi connectivity index (χ4v) is 13.3. The predicted octanol–water partition coefficient (Wildman–Crippen LogP) is 16.7. The van der Waals surface area contributed by atoms with Crippen molar-refractivity contribution in [3.8, 4) is 11.1 Å². The zero-order valence-corrected chi connectivity index (χ0v) is 45.9. The quantitative estimate of drug-likeness (QED) is 0.165. The normalized spacial score (nSPS) is 18.3. The lowest BCUT2D eigenvalue weighted by molar-refractivity contribution is 0.332. The van der Waals surface area contributed by atoms with Crippen LogP contribution in [0.1, 0.15) is 178 Å². The highest BCUT2D eigenvalue weighted by Gasteiger charge is 2.49. The van der Waals surface area contributed by atoms with Gasteiger partial charge in [-0.05, 0) is 213 Å². The Hall–Kier alpha value is -5.48. The van der Waals surface area contributed by atoms with Crippen LogP contribution in [0.4, 0.5) is 34.1 Å². The number of fused-ring (bicyclic) bond motifs is 8. The smallest absolute Gasteiger partial charge is 0.297 e. The fraction of sp³-hybridized carbons (Fsp3) is 0.424. The maximum Gasteiger partial charge on any atom is 0.297 e. The Morgan fingerprint density at radius 1 is 0.486 bits per heavy atom. The molecule has 3 heterocycles. The second-order valence-corrected chi connectivity index (χ2v) is 27.1. The van der Waals surface area contributed by atoms with Gasteiger partial charge in [-0.15, -0.1) is 0 Å². The minimum Gasteiger partial charge on any atom is -0.468 e. The Morgan fingerprint density at radius 3 is 1.57 bits per heavy atom. The lowest BCUT2D eigenvalue weighted by Gasteiger charge is -2.45. The third-order valence-electron chi connectivity index (χ3n) is 17.7. The Kier molecular flexibility index (Phi) is 10.1. The number of anilines is 6. The third-order valence-corrected chi connectivity index (χ3v) is 17.7. The van der Waals surface area contributed by atoms with E-state index in [1.807, 2.05) is 0 Å². The van der Waals surface area contributed by atoms with Gasteiger partial charge in [0.1, 0.15) is 5.58 Å². The number of hydrogen-bond acceptors (Lipinski definition) is 3. The van der Waals surface area contributed by atoms with E-state index < -0.39 is 0 Å². The van der Waals surface area contributed by atoms with E-state index in [2.05, 4.69) is 225 Å². The van der Waals surface area contributed by atoms with Gasteiger partial charge in [-0.1, -0.05) is 139 Å². The standard InChI is InChI=1S/C66H77BN2O/c1-38-27-40(3)57(41(4)28-38)42-19-22-52-53(31-42)68(46-33-43(61(5,6)7)32-44(34-46)62(8,9)10)54-29-39(2)30-55-58(54)67(52)60-59(47-36-50-51(37-56(47)70-60)66(17,18)26-25-65(50,15)16)69(55)45-20-21-48-49(35-45)64(13,14)24-23-63(48,11)12/h19-22,27-37H,23-26H2,1-18H3. The molecule has 0 unspecified atom stereocenters. The zero-order valence-electron chi connectivity index (χ0n) is 45.9. The van der Waals surface area contributed by atoms with Gasteiger partial charge in [0.2, 0.25) is 0 Å². The Balaban J connectivity index is 1.28. The van der Waals surface area contributed by atoms with E-state index in [-0.39, 0.29) is 39.2 Å². The van der Waals surface area contributed by atoms with Gasteiger partial charge in [0.15, 0.2) is 0 Å². The molecule has 2 aliphatic heterocycles. The van der Waals surface area contributed by atoms with E-state index in [4.69, 9.17) is 4.42 Å². The first-order valence-electron chi connectivity index (χ1n) is 26.5. The maximum atomic E-state index is 7.67. The Bertz CT molecular complexity index is 3300. The molecule has 0 saturated carbocycles. The average molecular weight is 925 g/mol. The number of aryl methyl sites for hydroxylation is 4. The second kappa shape index (κ2) is 15.0. The monoisotopic (exact) mass is 925 g/mol. The largest absolute Gasteiger partial charge is 0.468 e. The van der Waals surface area contributed by atoms with Crippen LogP contribution in [-0.2, 0) is 32.5 Å². The summed E-state index contributed by atoms with van der Waals surface area (Å²) in [6.07, 6.45) is 4.66. The van der Waals surface area contributed by atoms with Crippen molar-refractivity contribution in [2.45, 2.75) is 183 Å². The average Bonchev–Trinajstić information content (AvgIpc) is 3.63. The molecule has 3 nitrogen and oxygen atoms in total. The molecule has 6 aromatic carbocycles. The molecular formula is C66H77BN2O. The molecule has 4 aliphatic rings. The molecule has 2 aliphatic carbocycles. The molecule has 0 saturated heterocycles. The molecule has 70 heavy (non-hydrogen) atoms. The van der Waals surface area contributed by atoms with Crippen molar-refractivity contribution < 1.29 is 4.42 Å². The van der Waals surface area contributed by atoms with E-state index >= 15 is 0 Å². The first-order valence-corrected chi connectivity index (χ1v) is 26.5. The maximum absolute atomic E-state index is 7.67. The molecule has 0 bridgehead atoms. The molecule has 7 aromatic rings. The summed E-state index contributed by atoms with van der Waals surface area (Å²) < 4.78 is 7.67. The first kappa shape index (κ1) is 46.9. The van der Waals surface area contributed by atoms with Gasteiger partial charge in [-0.25, -0.2) is 0 Å². The third kappa shape index (κ3) is 7.10. The summed E-state index contributed by atoms with van der Waals surface area (Å²) in [5.74, 6) is 0. The van der Waals surface area contributed by atoms with Crippen molar-refractivity contribution in [2.75, 3.05) is 9.80 Å².